The standard InChI is InChI=1S/C13H17FN4/c1-11-9-12(3-4-13(11)14)10-15-5-2-7-18-8-6-16-17-18/h3-4,6,8-9,15H,2,5,7,10H2,1H3. The first kappa shape index (κ1) is 12.7. The van der Waals surface area contributed by atoms with E-state index in [0.717, 1.165) is 31.6 Å². The summed E-state index contributed by atoms with van der Waals surface area (Å²) in [6, 6.07) is 5.20. The van der Waals surface area contributed by atoms with Crippen molar-refractivity contribution in [2.75, 3.05) is 6.54 Å². The smallest absolute Gasteiger partial charge is 0.126 e. The predicted octanol–water partition coefficient (Wildman–Crippen LogP) is 1.91. The Labute approximate surface area is 106 Å². The Kier molecular flexibility index (Phi) is 4.41. The molecule has 0 radical (unpaired) electrons. The molecule has 96 valence electrons. The van der Waals surface area contributed by atoms with E-state index in [-0.39, 0.29) is 5.82 Å². The zero-order valence-electron chi connectivity index (χ0n) is 10.4. The summed E-state index contributed by atoms with van der Waals surface area (Å²) in [4.78, 5) is 0. The van der Waals surface area contributed by atoms with Crippen molar-refractivity contribution in [1.29, 1.82) is 0 Å². The molecule has 0 unspecified atom stereocenters. The Bertz CT molecular complexity index is 482. The van der Waals surface area contributed by atoms with Crippen LogP contribution in [-0.4, -0.2) is 21.5 Å². The third-order valence-corrected chi connectivity index (χ3v) is 2.76. The molecule has 2 rings (SSSR count). The number of halogens is 1. The van der Waals surface area contributed by atoms with Gasteiger partial charge in [-0.1, -0.05) is 17.3 Å². The Morgan fingerprint density at radius 2 is 2.28 bits per heavy atom. The van der Waals surface area contributed by atoms with E-state index in [1.807, 2.05) is 23.0 Å². The fourth-order valence-electron chi connectivity index (χ4n) is 1.77. The van der Waals surface area contributed by atoms with Crippen molar-refractivity contribution in [1.82, 2.24) is 20.3 Å². The number of rotatable bonds is 6. The molecule has 0 amide bonds. The first-order valence-corrected chi connectivity index (χ1v) is 6.05. The second-order valence-electron chi connectivity index (χ2n) is 4.28. The normalized spacial score (nSPS) is 10.8. The van der Waals surface area contributed by atoms with Crippen LogP contribution < -0.4 is 5.32 Å². The van der Waals surface area contributed by atoms with Crippen molar-refractivity contribution >= 4 is 0 Å². The summed E-state index contributed by atoms with van der Waals surface area (Å²) in [5, 5.41) is 11.0. The number of nitrogens with one attached hydrogen (secondary N) is 1. The lowest BCUT2D eigenvalue weighted by Gasteiger charge is -2.06. The van der Waals surface area contributed by atoms with Crippen LogP contribution in [0.4, 0.5) is 4.39 Å². The molecule has 18 heavy (non-hydrogen) atoms. The molecule has 1 aromatic heterocycles. The van der Waals surface area contributed by atoms with E-state index in [1.54, 1.807) is 13.1 Å². The highest BCUT2D eigenvalue weighted by atomic mass is 19.1. The van der Waals surface area contributed by atoms with Crippen molar-refractivity contribution in [3.8, 4) is 0 Å². The Balaban J connectivity index is 1.67. The molecule has 2 aromatic rings. The minimum absolute atomic E-state index is 0.148. The average Bonchev–Trinajstić information content (AvgIpc) is 2.86. The van der Waals surface area contributed by atoms with Crippen LogP contribution in [0, 0.1) is 12.7 Å². The van der Waals surface area contributed by atoms with Gasteiger partial charge in [0.25, 0.3) is 0 Å². The van der Waals surface area contributed by atoms with Gasteiger partial charge in [-0.15, -0.1) is 5.10 Å². The topological polar surface area (TPSA) is 42.7 Å². The van der Waals surface area contributed by atoms with Gasteiger partial charge in [0.05, 0.1) is 6.20 Å². The van der Waals surface area contributed by atoms with E-state index in [4.69, 9.17) is 0 Å². The summed E-state index contributed by atoms with van der Waals surface area (Å²) in [5.74, 6) is -0.148. The number of aryl methyl sites for hydroxylation is 2. The van der Waals surface area contributed by atoms with Gasteiger partial charge in [0.15, 0.2) is 0 Å². The van der Waals surface area contributed by atoms with Gasteiger partial charge in [-0.05, 0) is 37.1 Å². The van der Waals surface area contributed by atoms with Crippen molar-refractivity contribution in [2.45, 2.75) is 26.4 Å². The molecule has 0 aliphatic heterocycles. The molecule has 1 aromatic carbocycles. The van der Waals surface area contributed by atoms with Crippen LogP contribution in [0.2, 0.25) is 0 Å². The fraction of sp³-hybridized carbons (Fsp3) is 0.385. The minimum Gasteiger partial charge on any atom is -0.313 e. The van der Waals surface area contributed by atoms with Gasteiger partial charge in [0.2, 0.25) is 0 Å². The van der Waals surface area contributed by atoms with E-state index < -0.39 is 0 Å². The van der Waals surface area contributed by atoms with Crippen molar-refractivity contribution in [2.24, 2.45) is 0 Å². The molecule has 4 nitrogen and oxygen atoms in total. The van der Waals surface area contributed by atoms with Gasteiger partial charge in [-0.25, -0.2) is 4.39 Å². The van der Waals surface area contributed by atoms with Gasteiger partial charge in [0.1, 0.15) is 5.82 Å². The van der Waals surface area contributed by atoms with Gasteiger partial charge in [0, 0.05) is 19.3 Å². The van der Waals surface area contributed by atoms with Crippen LogP contribution >= 0.6 is 0 Å². The Hall–Kier alpha value is -1.75. The molecule has 0 bridgehead atoms. The average molecular weight is 248 g/mol. The van der Waals surface area contributed by atoms with E-state index >= 15 is 0 Å². The van der Waals surface area contributed by atoms with E-state index in [0.29, 0.717) is 5.56 Å². The lowest BCUT2D eigenvalue weighted by molar-refractivity contribution is 0.530. The molecule has 0 aliphatic rings. The van der Waals surface area contributed by atoms with Crippen molar-refractivity contribution in [3.63, 3.8) is 0 Å². The van der Waals surface area contributed by atoms with Crippen molar-refractivity contribution in [3.05, 3.63) is 47.5 Å². The minimum atomic E-state index is -0.148. The van der Waals surface area contributed by atoms with E-state index in [1.165, 1.54) is 6.07 Å². The molecular weight excluding hydrogens is 231 g/mol. The summed E-state index contributed by atoms with van der Waals surface area (Å²) in [7, 11) is 0. The van der Waals surface area contributed by atoms with E-state index in [9.17, 15) is 4.39 Å². The lowest BCUT2D eigenvalue weighted by Crippen LogP contribution is -2.16. The molecule has 0 spiro atoms. The van der Waals surface area contributed by atoms with Gasteiger partial charge < -0.3 is 5.32 Å². The monoisotopic (exact) mass is 248 g/mol. The first-order chi connectivity index (χ1) is 8.75. The second kappa shape index (κ2) is 6.26. The van der Waals surface area contributed by atoms with Crippen LogP contribution in [0.25, 0.3) is 0 Å². The zero-order chi connectivity index (χ0) is 12.8. The molecule has 5 heteroatoms. The predicted molar refractivity (Wildman–Crippen MR) is 67.5 cm³/mol. The maximum atomic E-state index is 13.1. The SMILES string of the molecule is Cc1cc(CNCCCn2ccnn2)ccc1F. The van der Waals surface area contributed by atoms with Crippen LogP contribution in [0.1, 0.15) is 17.5 Å². The second-order valence-corrected chi connectivity index (χ2v) is 4.28. The summed E-state index contributed by atoms with van der Waals surface area (Å²) < 4.78 is 14.9. The first-order valence-electron chi connectivity index (χ1n) is 6.05. The Morgan fingerprint density at radius 1 is 1.39 bits per heavy atom. The van der Waals surface area contributed by atoms with E-state index in [2.05, 4.69) is 15.6 Å². The third kappa shape index (κ3) is 3.63. The van der Waals surface area contributed by atoms with Crippen LogP contribution in [0.15, 0.2) is 30.6 Å². The maximum Gasteiger partial charge on any atom is 0.126 e. The van der Waals surface area contributed by atoms with Crippen LogP contribution in [0.3, 0.4) is 0 Å². The summed E-state index contributed by atoms with van der Waals surface area (Å²) in [5.41, 5.74) is 1.80. The number of aromatic nitrogens is 3. The number of benzene rings is 1. The fourth-order valence-corrected chi connectivity index (χ4v) is 1.77. The molecule has 0 saturated heterocycles. The van der Waals surface area contributed by atoms with Gasteiger partial charge in [-0.2, -0.15) is 0 Å². The number of hydrogen-bond donors (Lipinski definition) is 1. The number of hydrogen-bond acceptors (Lipinski definition) is 3. The molecule has 0 saturated carbocycles. The summed E-state index contributed by atoms with van der Waals surface area (Å²) in [6.45, 7) is 4.30. The van der Waals surface area contributed by atoms with Crippen LogP contribution in [-0.2, 0) is 13.1 Å². The van der Waals surface area contributed by atoms with Gasteiger partial charge in [-0.3, -0.25) is 4.68 Å². The third-order valence-electron chi connectivity index (χ3n) is 2.76. The molecule has 1 N–H and O–H groups in total. The molecule has 0 fully saturated rings. The zero-order valence-corrected chi connectivity index (χ0v) is 10.4. The molecular formula is C13H17FN4. The highest BCUT2D eigenvalue weighted by molar-refractivity contribution is 5.23. The number of nitrogens with zero attached hydrogens (tertiary/aromatic N) is 3. The highest BCUT2D eigenvalue weighted by Crippen LogP contribution is 2.08. The summed E-state index contributed by atoms with van der Waals surface area (Å²) >= 11 is 0. The Morgan fingerprint density at radius 3 is 3.00 bits per heavy atom. The van der Waals surface area contributed by atoms with Crippen molar-refractivity contribution < 1.29 is 4.39 Å². The highest BCUT2D eigenvalue weighted by Gasteiger charge is 1.98. The maximum absolute atomic E-state index is 13.1. The molecule has 1 heterocycles. The molecule has 0 aliphatic carbocycles. The van der Waals surface area contributed by atoms with Gasteiger partial charge >= 0.3 is 0 Å². The summed E-state index contributed by atoms with van der Waals surface area (Å²) in [6.07, 6.45) is 4.52. The largest absolute Gasteiger partial charge is 0.313 e. The lowest BCUT2D eigenvalue weighted by atomic mass is 10.1. The quantitative estimate of drug-likeness (QED) is 0.794. The molecule has 0 atom stereocenters. The van der Waals surface area contributed by atoms with Crippen LogP contribution in [0.5, 0.6) is 0 Å².